The number of carbonyl (C=O) groups is 1. The molecule has 1 heterocycles. The predicted molar refractivity (Wildman–Crippen MR) is 139 cm³/mol. The summed E-state index contributed by atoms with van der Waals surface area (Å²) in [5, 5.41) is 3.49. The fourth-order valence-electron chi connectivity index (χ4n) is 4.35. The number of halogens is 1. The first-order valence-corrected chi connectivity index (χ1v) is 13.2. The molecule has 1 amide bonds. The number of nitrogens with zero attached hydrogens (tertiary/aromatic N) is 1. The number of fused-ring (bicyclic) bond motifs is 1. The average molecular weight is 513 g/mol. The number of amides is 1. The van der Waals surface area contributed by atoms with Gasteiger partial charge in [-0.2, -0.15) is 0 Å². The van der Waals surface area contributed by atoms with Gasteiger partial charge < -0.3 is 10.1 Å². The van der Waals surface area contributed by atoms with Crippen LogP contribution in [0.3, 0.4) is 0 Å². The van der Waals surface area contributed by atoms with E-state index < -0.39 is 21.5 Å². The van der Waals surface area contributed by atoms with Crippen LogP contribution in [0.1, 0.15) is 43.0 Å². The zero-order valence-electron chi connectivity index (χ0n) is 20.2. The summed E-state index contributed by atoms with van der Waals surface area (Å²) in [6.07, 6.45) is 0.559. The molecule has 184 valence electrons. The van der Waals surface area contributed by atoms with E-state index in [-0.39, 0.29) is 17.5 Å². The van der Waals surface area contributed by atoms with E-state index >= 15 is 0 Å². The summed E-state index contributed by atoms with van der Waals surface area (Å²) >= 11 is 5.97. The summed E-state index contributed by atoms with van der Waals surface area (Å²) in [6.45, 7) is 7.38. The topological polar surface area (TPSA) is 75.7 Å². The number of hydrogen-bond acceptors (Lipinski definition) is 4. The van der Waals surface area contributed by atoms with Gasteiger partial charge in [0.15, 0.2) is 0 Å². The minimum absolute atomic E-state index is 0.0612. The molecule has 0 radical (unpaired) electrons. The van der Waals surface area contributed by atoms with Crippen LogP contribution in [0.2, 0.25) is 5.02 Å². The van der Waals surface area contributed by atoms with Crippen LogP contribution in [-0.4, -0.2) is 26.5 Å². The van der Waals surface area contributed by atoms with E-state index in [9.17, 15) is 13.2 Å². The molecule has 4 rings (SSSR count). The summed E-state index contributed by atoms with van der Waals surface area (Å²) in [4.78, 5) is 13.4. The van der Waals surface area contributed by atoms with E-state index in [4.69, 9.17) is 16.3 Å². The third-order valence-electron chi connectivity index (χ3n) is 6.03. The van der Waals surface area contributed by atoms with Crippen molar-refractivity contribution >= 4 is 33.2 Å². The Bertz CT molecular complexity index is 1350. The SMILES string of the molecule is Cc1ccc2c(c1)C(NC(=O)CN(c1ccccc1C)S(=O)(=O)c1ccc(Cl)cc1)CC(C)(C)O2. The maximum Gasteiger partial charge on any atom is 0.264 e. The van der Waals surface area contributed by atoms with Gasteiger partial charge in [-0.3, -0.25) is 9.10 Å². The molecular formula is C27H29ClN2O4S. The fraction of sp³-hybridized carbons (Fsp3) is 0.296. The average Bonchev–Trinajstić information content (AvgIpc) is 2.78. The quantitative estimate of drug-likeness (QED) is 0.468. The highest BCUT2D eigenvalue weighted by molar-refractivity contribution is 7.92. The minimum Gasteiger partial charge on any atom is -0.487 e. The Morgan fingerprint density at radius 1 is 1.09 bits per heavy atom. The number of hydrogen-bond donors (Lipinski definition) is 1. The number of sulfonamides is 1. The van der Waals surface area contributed by atoms with Gasteiger partial charge >= 0.3 is 0 Å². The third kappa shape index (κ3) is 5.46. The first-order chi connectivity index (χ1) is 16.5. The molecule has 3 aromatic rings. The largest absolute Gasteiger partial charge is 0.487 e. The van der Waals surface area contributed by atoms with Gasteiger partial charge in [0.2, 0.25) is 5.91 Å². The van der Waals surface area contributed by atoms with Crippen LogP contribution in [0.15, 0.2) is 71.6 Å². The maximum absolute atomic E-state index is 13.7. The lowest BCUT2D eigenvalue weighted by molar-refractivity contribution is -0.120. The minimum atomic E-state index is -4.03. The van der Waals surface area contributed by atoms with E-state index in [1.54, 1.807) is 12.1 Å². The van der Waals surface area contributed by atoms with Crippen molar-refractivity contribution in [1.29, 1.82) is 0 Å². The van der Waals surface area contributed by atoms with Crippen LogP contribution < -0.4 is 14.4 Å². The normalized spacial score (nSPS) is 16.7. The highest BCUT2D eigenvalue weighted by atomic mass is 35.5. The molecule has 0 bridgehead atoms. The third-order valence-corrected chi connectivity index (χ3v) is 8.06. The first kappa shape index (κ1) is 25.1. The number of benzene rings is 3. The van der Waals surface area contributed by atoms with Gasteiger partial charge in [0, 0.05) is 17.0 Å². The second-order valence-electron chi connectivity index (χ2n) is 9.48. The van der Waals surface area contributed by atoms with Crippen LogP contribution in [0.25, 0.3) is 0 Å². The Morgan fingerprint density at radius 3 is 2.46 bits per heavy atom. The lowest BCUT2D eigenvalue weighted by Gasteiger charge is -2.38. The Kier molecular flexibility index (Phi) is 6.84. The Hall–Kier alpha value is -3.03. The van der Waals surface area contributed by atoms with Crippen LogP contribution >= 0.6 is 11.6 Å². The standard InChI is InChI=1S/C27H29ClN2O4S/c1-18-9-14-25-22(15-18)23(16-27(3,4)34-25)29-26(31)17-30(24-8-6-5-7-19(24)2)35(32,33)21-12-10-20(28)11-13-21/h5-15,23H,16-17H2,1-4H3,(H,29,31). The van der Waals surface area contributed by atoms with E-state index in [2.05, 4.69) is 5.32 Å². The molecule has 0 saturated heterocycles. The smallest absolute Gasteiger partial charge is 0.264 e. The lowest BCUT2D eigenvalue weighted by atomic mass is 9.89. The molecule has 1 unspecified atom stereocenters. The number of anilines is 1. The van der Waals surface area contributed by atoms with Gasteiger partial charge in [-0.25, -0.2) is 8.42 Å². The van der Waals surface area contributed by atoms with Crippen molar-refractivity contribution in [3.8, 4) is 5.75 Å². The second-order valence-corrected chi connectivity index (χ2v) is 11.8. The van der Waals surface area contributed by atoms with Gasteiger partial charge in [-0.15, -0.1) is 0 Å². The molecule has 0 spiro atoms. The van der Waals surface area contributed by atoms with Gasteiger partial charge in [-0.1, -0.05) is 47.5 Å². The summed E-state index contributed by atoms with van der Waals surface area (Å²) in [5.41, 5.74) is 2.65. The molecule has 1 atom stereocenters. The molecule has 0 aliphatic carbocycles. The lowest BCUT2D eigenvalue weighted by Crippen LogP contribution is -2.45. The molecule has 0 fully saturated rings. The maximum atomic E-state index is 13.7. The Morgan fingerprint density at radius 2 is 1.77 bits per heavy atom. The zero-order valence-corrected chi connectivity index (χ0v) is 21.8. The van der Waals surface area contributed by atoms with Gasteiger partial charge in [0.25, 0.3) is 10.0 Å². The molecular weight excluding hydrogens is 484 g/mol. The number of nitrogens with one attached hydrogen (secondary N) is 1. The molecule has 1 N–H and O–H groups in total. The number of aryl methyl sites for hydroxylation is 2. The van der Waals surface area contributed by atoms with Crippen molar-refractivity contribution in [1.82, 2.24) is 5.32 Å². The molecule has 3 aromatic carbocycles. The zero-order chi connectivity index (χ0) is 25.4. The molecule has 35 heavy (non-hydrogen) atoms. The van der Waals surface area contributed by atoms with Crippen molar-refractivity contribution in [2.45, 2.75) is 50.7 Å². The van der Waals surface area contributed by atoms with Gasteiger partial charge in [0.05, 0.1) is 16.6 Å². The van der Waals surface area contributed by atoms with E-state index in [1.807, 2.05) is 58.0 Å². The van der Waals surface area contributed by atoms with E-state index in [0.717, 1.165) is 26.7 Å². The monoisotopic (exact) mass is 512 g/mol. The number of carbonyl (C=O) groups excluding carboxylic acids is 1. The first-order valence-electron chi connectivity index (χ1n) is 11.4. The molecule has 0 saturated carbocycles. The van der Waals surface area contributed by atoms with E-state index in [1.165, 1.54) is 24.3 Å². The predicted octanol–water partition coefficient (Wildman–Crippen LogP) is 5.57. The highest BCUT2D eigenvalue weighted by Gasteiger charge is 2.36. The van der Waals surface area contributed by atoms with Crippen LogP contribution in [-0.2, 0) is 14.8 Å². The van der Waals surface area contributed by atoms with Gasteiger partial charge in [-0.05, 0) is 69.7 Å². The molecule has 8 heteroatoms. The summed E-state index contributed by atoms with van der Waals surface area (Å²) in [7, 11) is -4.03. The van der Waals surface area contributed by atoms with E-state index in [0.29, 0.717) is 17.1 Å². The Labute approximate surface area is 211 Å². The molecule has 1 aliphatic rings. The Balaban J connectivity index is 1.67. The van der Waals surface area contributed by atoms with Crippen LogP contribution in [0, 0.1) is 13.8 Å². The summed E-state index contributed by atoms with van der Waals surface area (Å²) in [6, 6.07) is 18.6. The summed E-state index contributed by atoms with van der Waals surface area (Å²) < 4.78 is 34.6. The fourth-order valence-corrected chi connectivity index (χ4v) is 5.96. The highest BCUT2D eigenvalue weighted by Crippen LogP contribution is 2.40. The van der Waals surface area contributed by atoms with Crippen molar-refractivity contribution in [2.24, 2.45) is 0 Å². The van der Waals surface area contributed by atoms with Crippen LogP contribution in [0.4, 0.5) is 5.69 Å². The number of para-hydroxylation sites is 1. The number of ether oxygens (including phenoxy) is 1. The molecule has 6 nitrogen and oxygen atoms in total. The van der Waals surface area contributed by atoms with Gasteiger partial charge in [0.1, 0.15) is 17.9 Å². The number of rotatable bonds is 6. The van der Waals surface area contributed by atoms with Crippen LogP contribution in [0.5, 0.6) is 5.75 Å². The van der Waals surface area contributed by atoms with Crippen molar-refractivity contribution in [3.63, 3.8) is 0 Å². The van der Waals surface area contributed by atoms with Crippen molar-refractivity contribution in [2.75, 3.05) is 10.8 Å². The van der Waals surface area contributed by atoms with Crippen molar-refractivity contribution < 1.29 is 17.9 Å². The molecule has 0 aromatic heterocycles. The second kappa shape index (κ2) is 9.55. The molecule has 1 aliphatic heterocycles. The summed E-state index contributed by atoms with van der Waals surface area (Å²) in [5.74, 6) is 0.322. The van der Waals surface area contributed by atoms with Crippen molar-refractivity contribution in [3.05, 3.63) is 88.4 Å².